The number of aromatic nitrogens is 1. The van der Waals surface area contributed by atoms with Gasteiger partial charge in [0.2, 0.25) is 5.91 Å². The standard InChI is InChI=1S/C19H25N5O2/c1-14(25)22-15-6-4-7-16(12-15)23-19(26)18-9-8-17(13-21-18)20-10-5-11-24(2)3/h4,6-9,12-13,20H,5,10-11H2,1-3H3,(H,22,25)(H,23,26). The average molecular weight is 355 g/mol. The molecule has 3 N–H and O–H groups in total. The van der Waals surface area contributed by atoms with Gasteiger partial charge in [0.25, 0.3) is 5.91 Å². The van der Waals surface area contributed by atoms with Gasteiger partial charge in [-0.05, 0) is 57.4 Å². The van der Waals surface area contributed by atoms with E-state index in [1.165, 1.54) is 6.92 Å². The molecule has 1 heterocycles. The Balaban J connectivity index is 1.90. The molecule has 0 saturated carbocycles. The number of carbonyl (C=O) groups is 2. The first-order valence-electron chi connectivity index (χ1n) is 8.47. The number of nitrogens with one attached hydrogen (secondary N) is 3. The van der Waals surface area contributed by atoms with Crippen LogP contribution in [0.25, 0.3) is 0 Å². The molecule has 0 aliphatic carbocycles. The molecule has 0 aliphatic heterocycles. The van der Waals surface area contributed by atoms with Crippen LogP contribution in [0.15, 0.2) is 42.6 Å². The molecular formula is C19H25N5O2. The molecule has 0 fully saturated rings. The fourth-order valence-corrected chi connectivity index (χ4v) is 2.33. The minimum Gasteiger partial charge on any atom is -0.384 e. The highest BCUT2D eigenvalue weighted by atomic mass is 16.2. The molecule has 7 nitrogen and oxygen atoms in total. The molecule has 1 aromatic heterocycles. The third-order valence-corrected chi connectivity index (χ3v) is 3.55. The normalized spacial score (nSPS) is 10.5. The maximum atomic E-state index is 12.3. The number of carbonyl (C=O) groups excluding carboxylic acids is 2. The predicted molar refractivity (Wildman–Crippen MR) is 105 cm³/mol. The minimum absolute atomic E-state index is 0.163. The fraction of sp³-hybridized carbons (Fsp3) is 0.316. The smallest absolute Gasteiger partial charge is 0.274 e. The number of hydrogen-bond donors (Lipinski definition) is 3. The quantitative estimate of drug-likeness (QED) is 0.634. The van der Waals surface area contributed by atoms with Crippen LogP contribution in [0.3, 0.4) is 0 Å². The van der Waals surface area contributed by atoms with E-state index in [4.69, 9.17) is 0 Å². The van der Waals surface area contributed by atoms with Crippen molar-refractivity contribution in [2.24, 2.45) is 0 Å². The van der Waals surface area contributed by atoms with Gasteiger partial charge in [0.1, 0.15) is 5.69 Å². The third-order valence-electron chi connectivity index (χ3n) is 3.55. The second-order valence-electron chi connectivity index (χ2n) is 6.23. The lowest BCUT2D eigenvalue weighted by atomic mass is 10.2. The largest absolute Gasteiger partial charge is 0.384 e. The van der Waals surface area contributed by atoms with Crippen LogP contribution in [-0.4, -0.2) is 48.9 Å². The molecule has 0 atom stereocenters. The van der Waals surface area contributed by atoms with Gasteiger partial charge in [0.15, 0.2) is 0 Å². The Morgan fingerprint density at radius 3 is 2.38 bits per heavy atom. The maximum Gasteiger partial charge on any atom is 0.274 e. The van der Waals surface area contributed by atoms with Crippen LogP contribution in [0.1, 0.15) is 23.8 Å². The third kappa shape index (κ3) is 6.52. The summed E-state index contributed by atoms with van der Waals surface area (Å²) in [4.78, 5) is 29.8. The summed E-state index contributed by atoms with van der Waals surface area (Å²) in [5.74, 6) is -0.465. The van der Waals surface area contributed by atoms with Crippen LogP contribution in [0.4, 0.5) is 17.1 Å². The van der Waals surface area contributed by atoms with E-state index in [0.717, 1.165) is 25.2 Å². The molecular weight excluding hydrogens is 330 g/mol. The lowest BCUT2D eigenvalue weighted by Gasteiger charge is -2.11. The molecule has 0 spiro atoms. The summed E-state index contributed by atoms with van der Waals surface area (Å²) in [6.45, 7) is 3.30. The summed E-state index contributed by atoms with van der Waals surface area (Å²) in [5, 5.41) is 8.74. The van der Waals surface area contributed by atoms with E-state index >= 15 is 0 Å². The molecule has 2 rings (SSSR count). The highest BCUT2D eigenvalue weighted by Gasteiger charge is 2.08. The Kier molecular flexibility index (Phi) is 7.11. The molecule has 2 amide bonds. The van der Waals surface area contributed by atoms with Gasteiger partial charge in [0, 0.05) is 24.8 Å². The Morgan fingerprint density at radius 1 is 1.04 bits per heavy atom. The lowest BCUT2D eigenvalue weighted by Crippen LogP contribution is -2.17. The number of anilines is 3. The zero-order chi connectivity index (χ0) is 18.9. The molecule has 138 valence electrons. The van der Waals surface area contributed by atoms with Crippen molar-refractivity contribution in [3.05, 3.63) is 48.3 Å². The van der Waals surface area contributed by atoms with Crippen molar-refractivity contribution in [2.75, 3.05) is 43.1 Å². The summed E-state index contributed by atoms with van der Waals surface area (Å²) < 4.78 is 0. The molecule has 0 aliphatic rings. The first-order chi connectivity index (χ1) is 12.4. The van der Waals surface area contributed by atoms with Crippen molar-refractivity contribution in [3.8, 4) is 0 Å². The number of rotatable bonds is 8. The van der Waals surface area contributed by atoms with Gasteiger partial charge in [-0.1, -0.05) is 6.07 Å². The Bertz CT molecular complexity index is 744. The molecule has 26 heavy (non-hydrogen) atoms. The van der Waals surface area contributed by atoms with E-state index < -0.39 is 0 Å². The van der Waals surface area contributed by atoms with E-state index in [0.29, 0.717) is 17.1 Å². The first-order valence-corrected chi connectivity index (χ1v) is 8.47. The molecule has 2 aromatic rings. The van der Waals surface area contributed by atoms with Gasteiger partial charge in [0.05, 0.1) is 11.9 Å². The molecule has 0 unspecified atom stereocenters. The van der Waals surface area contributed by atoms with Crippen molar-refractivity contribution in [3.63, 3.8) is 0 Å². The molecule has 0 saturated heterocycles. The van der Waals surface area contributed by atoms with Crippen molar-refractivity contribution >= 4 is 28.9 Å². The predicted octanol–water partition coefficient (Wildman–Crippen LogP) is 2.66. The van der Waals surface area contributed by atoms with E-state index in [1.54, 1.807) is 36.5 Å². The highest BCUT2D eigenvalue weighted by Crippen LogP contribution is 2.16. The van der Waals surface area contributed by atoms with E-state index in [-0.39, 0.29) is 11.8 Å². The monoisotopic (exact) mass is 355 g/mol. The van der Waals surface area contributed by atoms with Gasteiger partial charge in [-0.2, -0.15) is 0 Å². The van der Waals surface area contributed by atoms with Gasteiger partial charge in [-0.3, -0.25) is 9.59 Å². The number of pyridine rings is 1. The van der Waals surface area contributed by atoms with Gasteiger partial charge in [-0.15, -0.1) is 0 Å². The van der Waals surface area contributed by atoms with Crippen molar-refractivity contribution < 1.29 is 9.59 Å². The van der Waals surface area contributed by atoms with E-state index in [1.807, 2.05) is 20.2 Å². The van der Waals surface area contributed by atoms with Crippen molar-refractivity contribution in [2.45, 2.75) is 13.3 Å². The van der Waals surface area contributed by atoms with Crippen LogP contribution in [0, 0.1) is 0 Å². The first kappa shape index (κ1) is 19.4. The second-order valence-corrected chi connectivity index (χ2v) is 6.23. The second kappa shape index (κ2) is 9.53. The summed E-state index contributed by atoms with van der Waals surface area (Å²) in [6, 6.07) is 10.5. The molecule has 1 aromatic carbocycles. The van der Waals surface area contributed by atoms with Crippen molar-refractivity contribution in [1.29, 1.82) is 0 Å². The Morgan fingerprint density at radius 2 is 1.77 bits per heavy atom. The van der Waals surface area contributed by atoms with Crippen LogP contribution >= 0.6 is 0 Å². The minimum atomic E-state index is -0.302. The summed E-state index contributed by atoms with van der Waals surface area (Å²) in [5.41, 5.74) is 2.43. The molecule has 7 heteroatoms. The average Bonchev–Trinajstić information content (AvgIpc) is 2.59. The number of nitrogens with zero attached hydrogens (tertiary/aromatic N) is 2. The molecule has 0 radical (unpaired) electrons. The lowest BCUT2D eigenvalue weighted by molar-refractivity contribution is -0.114. The van der Waals surface area contributed by atoms with Gasteiger partial charge < -0.3 is 20.9 Å². The van der Waals surface area contributed by atoms with Gasteiger partial charge in [-0.25, -0.2) is 4.98 Å². The summed E-state index contributed by atoms with van der Waals surface area (Å²) in [6.07, 6.45) is 2.68. The summed E-state index contributed by atoms with van der Waals surface area (Å²) >= 11 is 0. The highest BCUT2D eigenvalue weighted by molar-refractivity contribution is 6.03. The topological polar surface area (TPSA) is 86.4 Å². The van der Waals surface area contributed by atoms with Crippen molar-refractivity contribution in [1.82, 2.24) is 9.88 Å². The SMILES string of the molecule is CC(=O)Nc1cccc(NC(=O)c2ccc(NCCCN(C)C)cn2)c1. The zero-order valence-electron chi connectivity index (χ0n) is 15.4. The van der Waals surface area contributed by atoms with Gasteiger partial charge >= 0.3 is 0 Å². The van der Waals surface area contributed by atoms with Crippen LogP contribution in [0.5, 0.6) is 0 Å². The number of amides is 2. The van der Waals surface area contributed by atoms with Crippen LogP contribution in [-0.2, 0) is 4.79 Å². The Hall–Kier alpha value is -2.93. The number of hydrogen-bond acceptors (Lipinski definition) is 5. The molecule has 0 bridgehead atoms. The maximum absolute atomic E-state index is 12.3. The fourth-order valence-electron chi connectivity index (χ4n) is 2.33. The zero-order valence-corrected chi connectivity index (χ0v) is 15.4. The van der Waals surface area contributed by atoms with Crippen LogP contribution in [0.2, 0.25) is 0 Å². The van der Waals surface area contributed by atoms with E-state index in [2.05, 4.69) is 25.8 Å². The summed E-state index contributed by atoms with van der Waals surface area (Å²) in [7, 11) is 4.08. The van der Waals surface area contributed by atoms with Crippen LogP contribution < -0.4 is 16.0 Å². The van der Waals surface area contributed by atoms with E-state index in [9.17, 15) is 9.59 Å². The number of benzene rings is 1. The Labute approximate surface area is 153 Å².